The third-order valence-corrected chi connectivity index (χ3v) is 4.04. The number of hydrogen-bond acceptors (Lipinski definition) is 2. The van der Waals surface area contributed by atoms with Crippen molar-refractivity contribution < 1.29 is 14.6 Å². The largest absolute Gasteiger partial charge is 0.487 e. The lowest BCUT2D eigenvalue weighted by atomic mass is 10.1. The predicted octanol–water partition coefficient (Wildman–Crippen LogP) is 7.12. The van der Waals surface area contributed by atoms with E-state index < -0.39 is 12.1 Å². The van der Waals surface area contributed by atoms with Crippen molar-refractivity contribution in [3.05, 3.63) is 54.5 Å². The molecule has 3 heteroatoms. The summed E-state index contributed by atoms with van der Waals surface area (Å²) in [4.78, 5) is 10.8. The molecule has 0 aliphatic carbocycles. The number of allylic oxidation sites excluding steroid dienone is 6. The van der Waals surface area contributed by atoms with E-state index in [9.17, 15) is 4.79 Å². The summed E-state index contributed by atoms with van der Waals surface area (Å²) in [6.07, 6.45) is 27.6. The van der Waals surface area contributed by atoms with Gasteiger partial charge in [-0.25, -0.2) is 4.79 Å². The smallest absolute Gasteiger partial charge is 0.344 e. The molecule has 1 N–H and O–H groups in total. The van der Waals surface area contributed by atoms with Gasteiger partial charge in [0.25, 0.3) is 0 Å². The molecular formula is C24H38O3. The molecule has 0 aromatic rings. The molecule has 0 aliphatic rings. The Bertz CT molecular complexity index is 494. The second-order valence-electron chi connectivity index (χ2n) is 6.49. The van der Waals surface area contributed by atoms with E-state index in [0.29, 0.717) is 12.8 Å². The Morgan fingerprint density at radius 2 is 1.48 bits per heavy atom. The number of carboxylic acids is 1. The van der Waals surface area contributed by atoms with Gasteiger partial charge in [0.15, 0.2) is 6.10 Å². The predicted molar refractivity (Wildman–Crippen MR) is 115 cm³/mol. The molecule has 0 aromatic heterocycles. The first-order chi connectivity index (χ1) is 13.2. The van der Waals surface area contributed by atoms with E-state index in [1.165, 1.54) is 44.8 Å². The standard InChI is InChI=1S/C24H38O3/c1-3-5-6-7-8-9-10-11-12-13-14-15-16-17-18-19-20-21-22-27-23(4-2)24(25)26/h5-6,14-15,17,19,21-23H,3-4,7-13,16,20H2,1-2H3,(H,25,26)/b6-5-,15-14-,22-21?. The highest BCUT2D eigenvalue weighted by Crippen LogP contribution is 2.08. The van der Waals surface area contributed by atoms with Gasteiger partial charge in [-0.2, -0.15) is 0 Å². The quantitative estimate of drug-likeness (QED) is 0.127. The van der Waals surface area contributed by atoms with Crippen molar-refractivity contribution in [3.8, 4) is 0 Å². The highest BCUT2D eigenvalue weighted by molar-refractivity contribution is 5.72. The SMILES string of the molecule is CC/C=C\CCCCCCC/C=C\CC=C=CCC=COC(CC)C(=O)O. The number of carbonyl (C=O) groups is 1. The molecule has 0 aromatic carbocycles. The monoisotopic (exact) mass is 374 g/mol. The van der Waals surface area contributed by atoms with Crippen LogP contribution < -0.4 is 0 Å². The zero-order chi connectivity index (χ0) is 20.0. The Kier molecular flexibility index (Phi) is 18.8. The van der Waals surface area contributed by atoms with E-state index in [1.807, 2.05) is 12.2 Å². The molecule has 0 radical (unpaired) electrons. The molecule has 0 heterocycles. The summed E-state index contributed by atoms with van der Waals surface area (Å²) < 4.78 is 5.13. The van der Waals surface area contributed by atoms with Crippen LogP contribution in [0.5, 0.6) is 0 Å². The minimum absolute atomic E-state index is 0.457. The Morgan fingerprint density at radius 1 is 0.889 bits per heavy atom. The van der Waals surface area contributed by atoms with Gasteiger partial charge in [0, 0.05) is 0 Å². The summed E-state index contributed by atoms with van der Waals surface area (Å²) in [5.41, 5.74) is 3.12. The molecule has 0 spiro atoms. The summed E-state index contributed by atoms with van der Waals surface area (Å²) in [6, 6.07) is 0. The zero-order valence-corrected chi connectivity index (χ0v) is 17.2. The van der Waals surface area contributed by atoms with Gasteiger partial charge >= 0.3 is 5.97 Å². The van der Waals surface area contributed by atoms with Gasteiger partial charge in [-0.05, 0) is 69.6 Å². The molecule has 0 saturated heterocycles. The van der Waals surface area contributed by atoms with Crippen LogP contribution in [0.25, 0.3) is 0 Å². The van der Waals surface area contributed by atoms with Crippen molar-refractivity contribution in [2.75, 3.05) is 0 Å². The fraction of sp³-hybridized carbons (Fsp3) is 0.583. The van der Waals surface area contributed by atoms with E-state index in [2.05, 4.69) is 37.0 Å². The van der Waals surface area contributed by atoms with E-state index >= 15 is 0 Å². The van der Waals surface area contributed by atoms with Gasteiger partial charge < -0.3 is 9.84 Å². The fourth-order valence-electron chi connectivity index (χ4n) is 2.44. The van der Waals surface area contributed by atoms with Crippen LogP contribution in [0.3, 0.4) is 0 Å². The maximum atomic E-state index is 10.8. The van der Waals surface area contributed by atoms with Crippen molar-refractivity contribution in [2.45, 2.75) is 90.6 Å². The maximum absolute atomic E-state index is 10.8. The first-order valence-corrected chi connectivity index (χ1v) is 10.4. The van der Waals surface area contributed by atoms with Crippen molar-refractivity contribution in [3.63, 3.8) is 0 Å². The van der Waals surface area contributed by atoms with E-state index in [-0.39, 0.29) is 0 Å². The van der Waals surface area contributed by atoms with Gasteiger partial charge in [0.05, 0.1) is 6.26 Å². The minimum atomic E-state index is -0.927. The first kappa shape index (κ1) is 25.0. The number of rotatable bonds is 17. The molecular weight excluding hydrogens is 336 g/mol. The number of aliphatic carboxylic acids is 1. The van der Waals surface area contributed by atoms with Gasteiger partial charge in [-0.1, -0.05) is 57.4 Å². The summed E-state index contributed by atoms with van der Waals surface area (Å²) in [7, 11) is 0. The normalized spacial score (nSPS) is 12.5. The third-order valence-electron chi connectivity index (χ3n) is 4.04. The molecule has 1 atom stereocenters. The summed E-state index contributed by atoms with van der Waals surface area (Å²) in [5.74, 6) is -0.927. The van der Waals surface area contributed by atoms with Crippen molar-refractivity contribution in [2.24, 2.45) is 0 Å². The van der Waals surface area contributed by atoms with E-state index in [4.69, 9.17) is 9.84 Å². The number of carboxylic acid groups (broad SMARTS) is 1. The van der Waals surface area contributed by atoms with Gasteiger partial charge in [0.2, 0.25) is 0 Å². The lowest BCUT2D eigenvalue weighted by molar-refractivity contribution is -0.147. The Balaban J connectivity index is 3.55. The van der Waals surface area contributed by atoms with Crippen LogP contribution in [0.15, 0.2) is 54.5 Å². The Labute approximate surface area is 166 Å². The average molecular weight is 375 g/mol. The maximum Gasteiger partial charge on any atom is 0.344 e. The van der Waals surface area contributed by atoms with Crippen LogP contribution in [0.2, 0.25) is 0 Å². The van der Waals surface area contributed by atoms with Gasteiger partial charge in [-0.3, -0.25) is 0 Å². The second-order valence-corrected chi connectivity index (χ2v) is 6.49. The molecule has 0 fully saturated rings. The first-order valence-electron chi connectivity index (χ1n) is 10.4. The van der Waals surface area contributed by atoms with Crippen LogP contribution in [-0.2, 0) is 9.53 Å². The third kappa shape index (κ3) is 18.6. The van der Waals surface area contributed by atoms with Crippen LogP contribution in [0.1, 0.15) is 84.5 Å². The zero-order valence-electron chi connectivity index (χ0n) is 17.2. The second kappa shape index (κ2) is 20.3. The van der Waals surface area contributed by atoms with Crippen LogP contribution >= 0.6 is 0 Å². The molecule has 0 bridgehead atoms. The highest BCUT2D eigenvalue weighted by atomic mass is 16.5. The molecule has 3 nitrogen and oxygen atoms in total. The van der Waals surface area contributed by atoms with Crippen molar-refractivity contribution in [1.82, 2.24) is 0 Å². The number of unbranched alkanes of at least 4 members (excludes halogenated alkanes) is 6. The van der Waals surface area contributed by atoms with Gasteiger partial charge in [0.1, 0.15) is 0 Å². The fourth-order valence-corrected chi connectivity index (χ4v) is 2.44. The van der Waals surface area contributed by atoms with Crippen molar-refractivity contribution in [1.29, 1.82) is 0 Å². The molecule has 0 amide bonds. The molecule has 0 saturated carbocycles. The summed E-state index contributed by atoms with van der Waals surface area (Å²) in [6.45, 7) is 3.97. The van der Waals surface area contributed by atoms with Crippen LogP contribution in [0.4, 0.5) is 0 Å². The number of hydrogen-bond donors (Lipinski definition) is 1. The van der Waals surface area contributed by atoms with E-state index in [1.54, 1.807) is 13.0 Å². The molecule has 27 heavy (non-hydrogen) atoms. The molecule has 152 valence electrons. The minimum Gasteiger partial charge on any atom is -0.487 e. The lowest BCUT2D eigenvalue weighted by Gasteiger charge is -2.07. The summed E-state index contributed by atoms with van der Waals surface area (Å²) in [5, 5.41) is 8.83. The van der Waals surface area contributed by atoms with Crippen LogP contribution in [-0.4, -0.2) is 17.2 Å². The average Bonchev–Trinajstić information content (AvgIpc) is 2.66. The van der Waals surface area contributed by atoms with Crippen molar-refractivity contribution >= 4 is 5.97 Å². The topological polar surface area (TPSA) is 46.5 Å². The van der Waals surface area contributed by atoms with E-state index in [0.717, 1.165) is 19.3 Å². The number of ether oxygens (including phenoxy) is 1. The molecule has 0 rings (SSSR count). The Hall–Kier alpha value is -1.99. The summed E-state index contributed by atoms with van der Waals surface area (Å²) >= 11 is 0. The molecule has 1 unspecified atom stereocenters. The van der Waals surface area contributed by atoms with Gasteiger partial charge in [-0.15, -0.1) is 5.73 Å². The Morgan fingerprint density at radius 3 is 2.07 bits per heavy atom. The lowest BCUT2D eigenvalue weighted by Crippen LogP contribution is -2.20. The highest BCUT2D eigenvalue weighted by Gasteiger charge is 2.13. The molecule has 0 aliphatic heterocycles. The van der Waals surface area contributed by atoms with Crippen LogP contribution in [0, 0.1) is 0 Å².